The number of anilines is 1. The topological polar surface area (TPSA) is 66.5 Å². The molecule has 0 bridgehead atoms. The third kappa shape index (κ3) is 4.00. The molecule has 0 fully saturated rings. The Morgan fingerprint density at radius 2 is 1.87 bits per heavy atom. The van der Waals surface area contributed by atoms with E-state index >= 15 is 0 Å². The summed E-state index contributed by atoms with van der Waals surface area (Å²) < 4.78 is 40.1. The summed E-state index contributed by atoms with van der Waals surface area (Å²) in [7, 11) is -0.867. The van der Waals surface area contributed by atoms with Crippen molar-refractivity contribution in [3.8, 4) is 0 Å². The first-order valence-corrected chi connectivity index (χ1v) is 8.36. The van der Waals surface area contributed by atoms with E-state index in [4.69, 9.17) is 11.6 Å². The summed E-state index contributed by atoms with van der Waals surface area (Å²) in [6, 6.07) is 8.83. The summed E-state index contributed by atoms with van der Waals surface area (Å²) in [6.45, 7) is 0. The zero-order valence-corrected chi connectivity index (χ0v) is 14.0. The summed E-state index contributed by atoms with van der Waals surface area (Å²) in [5.74, 6) is -0.969. The summed E-state index contributed by atoms with van der Waals surface area (Å²) in [5.41, 5.74) is 0.319. The average Bonchev–Trinajstić information content (AvgIpc) is 2.48. The van der Waals surface area contributed by atoms with Crippen LogP contribution < -0.4 is 4.72 Å². The van der Waals surface area contributed by atoms with Crippen molar-refractivity contribution >= 4 is 33.2 Å². The number of benzene rings is 2. The van der Waals surface area contributed by atoms with Crippen LogP contribution in [0.15, 0.2) is 47.4 Å². The Bertz CT molecular complexity index is 854. The SMILES string of the molecule is CN(C)C(=O)c1ccc(Cl)c(NS(=O)(=O)c2cccc(F)c2)c1. The zero-order valence-electron chi connectivity index (χ0n) is 12.4. The number of halogens is 2. The number of rotatable bonds is 4. The highest BCUT2D eigenvalue weighted by Gasteiger charge is 2.18. The highest BCUT2D eigenvalue weighted by molar-refractivity contribution is 7.92. The first kappa shape index (κ1) is 17.2. The maximum Gasteiger partial charge on any atom is 0.262 e. The second-order valence-electron chi connectivity index (χ2n) is 4.96. The van der Waals surface area contributed by atoms with Gasteiger partial charge in [-0.05, 0) is 36.4 Å². The third-order valence-corrected chi connectivity index (χ3v) is 4.66. The molecule has 1 N–H and O–H groups in total. The van der Waals surface area contributed by atoms with Crippen LogP contribution in [0.3, 0.4) is 0 Å². The lowest BCUT2D eigenvalue weighted by Crippen LogP contribution is -2.22. The van der Waals surface area contributed by atoms with Gasteiger partial charge in [0.2, 0.25) is 0 Å². The van der Waals surface area contributed by atoms with E-state index in [1.165, 1.54) is 35.2 Å². The molecule has 2 aromatic carbocycles. The van der Waals surface area contributed by atoms with Gasteiger partial charge < -0.3 is 4.90 Å². The van der Waals surface area contributed by atoms with Gasteiger partial charge >= 0.3 is 0 Å². The fraction of sp³-hybridized carbons (Fsp3) is 0.133. The van der Waals surface area contributed by atoms with E-state index in [0.717, 1.165) is 12.1 Å². The molecule has 1 amide bonds. The number of hydrogen-bond acceptors (Lipinski definition) is 3. The molecule has 0 aliphatic heterocycles. The van der Waals surface area contributed by atoms with Gasteiger partial charge in [-0.3, -0.25) is 9.52 Å². The van der Waals surface area contributed by atoms with Gasteiger partial charge in [0.1, 0.15) is 5.82 Å². The number of carbonyl (C=O) groups is 1. The van der Waals surface area contributed by atoms with Crippen LogP contribution in [0.2, 0.25) is 5.02 Å². The van der Waals surface area contributed by atoms with Crippen molar-refractivity contribution in [2.24, 2.45) is 0 Å². The van der Waals surface area contributed by atoms with Crippen LogP contribution in [0.5, 0.6) is 0 Å². The Hall–Kier alpha value is -2.12. The van der Waals surface area contributed by atoms with Crippen molar-refractivity contribution in [1.82, 2.24) is 4.90 Å². The largest absolute Gasteiger partial charge is 0.345 e. The van der Waals surface area contributed by atoms with Crippen LogP contribution in [0.25, 0.3) is 0 Å². The molecule has 0 unspecified atom stereocenters. The van der Waals surface area contributed by atoms with E-state index in [2.05, 4.69) is 4.72 Å². The molecule has 23 heavy (non-hydrogen) atoms. The molecule has 0 aliphatic rings. The van der Waals surface area contributed by atoms with Crippen molar-refractivity contribution in [2.75, 3.05) is 18.8 Å². The number of sulfonamides is 1. The van der Waals surface area contributed by atoms with Gasteiger partial charge in [-0.15, -0.1) is 0 Å². The monoisotopic (exact) mass is 356 g/mol. The summed E-state index contributed by atoms with van der Waals surface area (Å²) in [6.07, 6.45) is 0. The normalized spacial score (nSPS) is 11.1. The predicted molar refractivity (Wildman–Crippen MR) is 86.7 cm³/mol. The Morgan fingerprint density at radius 1 is 1.17 bits per heavy atom. The van der Waals surface area contributed by atoms with Gasteiger partial charge in [-0.2, -0.15) is 0 Å². The second kappa shape index (κ2) is 6.55. The lowest BCUT2D eigenvalue weighted by atomic mass is 10.2. The fourth-order valence-electron chi connectivity index (χ4n) is 1.83. The predicted octanol–water partition coefficient (Wildman–Crippen LogP) is 2.98. The molecular formula is C15H14ClFN2O3S. The quantitative estimate of drug-likeness (QED) is 0.915. The van der Waals surface area contributed by atoms with Gasteiger partial charge in [0.05, 0.1) is 15.6 Å². The lowest BCUT2D eigenvalue weighted by Gasteiger charge is -2.13. The van der Waals surface area contributed by atoms with Crippen LogP contribution in [-0.2, 0) is 10.0 Å². The number of amides is 1. The molecular weight excluding hydrogens is 343 g/mol. The maximum absolute atomic E-state index is 13.2. The molecule has 122 valence electrons. The molecule has 0 aliphatic carbocycles. The molecule has 8 heteroatoms. The summed E-state index contributed by atoms with van der Waals surface area (Å²) in [5, 5.41) is 0.125. The zero-order chi connectivity index (χ0) is 17.2. The Labute approximate surface area is 138 Å². The molecule has 0 spiro atoms. The van der Waals surface area contributed by atoms with E-state index in [-0.39, 0.29) is 27.1 Å². The minimum atomic E-state index is -4.02. The van der Waals surface area contributed by atoms with Crippen LogP contribution in [0, 0.1) is 5.82 Å². The van der Waals surface area contributed by atoms with E-state index in [1.54, 1.807) is 14.1 Å². The minimum Gasteiger partial charge on any atom is -0.345 e. The first-order chi connectivity index (χ1) is 10.7. The Morgan fingerprint density at radius 3 is 2.48 bits per heavy atom. The minimum absolute atomic E-state index is 0.0450. The third-order valence-electron chi connectivity index (χ3n) is 2.97. The van der Waals surface area contributed by atoms with Gasteiger partial charge in [-0.1, -0.05) is 17.7 Å². The molecule has 0 aromatic heterocycles. The van der Waals surface area contributed by atoms with E-state index in [9.17, 15) is 17.6 Å². The standard InChI is InChI=1S/C15H14ClFN2O3S/c1-19(2)15(20)10-6-7-13(16)14(8-10)18-23(21,22)12-5-3-4-11(17)9-12/h3-9,18H,1-2H3. The molecule has 0 atom stereocenters. The maximum atomic E-state index is 13.2. The molecule has 5 nitrogen and oxygen atoms in total. The first-order valence-electron chi connectivity index (χ1n) is 6.50. The summed E-state index contributed by atoms with van der Waals surface area (Å²) >= 11 is 5.98. The summed E-state index contributed by atoms with van der Waals surface area (Å²) in [4.78, 5) is 13.1. The lowest BCUT2D eigenvalue weighted by molar-refractivity contribution is 0.0827. The molecule has 0 saturated heterocycles. The van der Waals surface area contributed by atoms with Crippen molar-refractivity contribution in [3.05, 3.63) is 58.9 Å². The van der Waals surface area contributed by atoms with Gasteiger partial charge in [0, 0.05) is 19.7 Å². The highest BCUT2D eigenvalue weighted by Crippen LogP contribution is 2.26. The second-order valence-corrected chi connectivity index (χ2v) is 7.05. The van der Waals surface area contributed by atoms with Crippen molar-refractivity contribution in [2.45, 2.75) is 4.90 Å². The van der Waals surface area contributed by atoms with E-state index < -0.39 is 15.8 Å². The number of nitrogens with zero attached hydrogens (tertiary/aromatic N) is 1. The van der Waals surface area contributed by atoms with Gasteiger partial charge in [0.25, 0.3) is 15.9 Å². The van der Waals surface area contributed by atoms with Crippen LogP contribution in [0.1, 0.15) is 10.4 Å². The van der Waals surface area contributed by atoms with Gasteiger partial charge in [0.15, 0.2) is 0 Å². The number of carbonyl (C=O) groups excluding carboxylic acids is 1. The van der Waals surface area contributed by atoms with Crippen LogP contribution in [-0.4, -0.2) is 33.3 Å². The smallest absolute Gasteiger partial charge is 0.262 e. The van der Waals surface area contributed by atoms with Gasteiger partial charge in [-0.25, -0.2) is 12.8 Å². The average molecular weight is 357 g/mol. The van der Waals surface area contributed by atoms with E-state index in [0.29, 0.717) is 0 Å². The molecule has 2 rings (SSSR count). The molecule has 0 radical (unpaired) electrons. The Kier molecular flexibility index (Phi) is 4.91. The van der Waals surface area contributed by atoms with Crippen molar-refractivity contribution in [3.63, 3.8) is 0 Å². The van der Waals surface area contributed by atoms with Crippen molar-refractivity contribution < 1.29 is 17.6 Å². The molecule has 0 heterocycles. The van der Waals surface area contributed by atoms with Crippen molar-refractivity contribution in [1.29, 1.82) is 0 Å². The van der Waals surface area contributed by atoms with E-state index in [1.807, 2.05) is 0 Å². The molecule has 0 saturated carbocycles. The fourth-order valence-corrected chi connectivity index (χ4v) is 3.16. The van der Waals surface area contributed by atoms with Crippen LogP contribution in [0.4, 0.5) is 10.1 Å². The highest BCUT2D eigenvalue weighted by atomic mass is 35.5. The number of hydrogen-bond donors (Lipinski definition) is 1. The van der Waals surface area contributed by atoms with Crippen LogP contribution >= 0.6 is 11.6 Å². The number of nitrogens with one attached hydrogen (secondary N) is 1. The Balaban J connectivity index is 2.39. The molecule has 2 aromatic rings.